The maximum atomic E-state index is 12.3. The van der Waals surface area contributed by atoms with Gasteiger partial charge < -0.3 is 10.6 Å². The number of rotatable bonds is 5. The lowest BCUT2D eigenvalue weighted by Crippen LogP contribution is -2.39. The van der Waals surface area contributed by atoms with E-state index in [1.54, 1.807) is 18.3 Å². The van der Waals surface area contributed by atoms with Crippen LogP contribution in [0.5, 0.6) is 0 Å². The lowest BCUT2D eigenvalue weighted by Gasteiger charge is -2.23. The van der Waals surface area contributed by atoms with Crippen LogP contribution in [-0.2, 0) is 9.59 Å². The Hall–Kier alpha value is -2.69. The van der Waals surface area contributed by atoms with E-state index >= 15 is 0 Å². The van der Waals surface area contributed by atoms with E-state index in [2.05, 4.69) is 41.6 Å². The van der Waals surface area contributed by atoms with Gasteiger partial charge in [0.05, 0.1) is 17.9 Å². The normalized spacial score (nSPS) is 12.1. The number of benzene rings is 1. The van der Waals surface area contributed by atoms with E-state index in [1.807, 2.05) is 26.0 Å². The Morgan fingerprint density at radius 2 is 1.56 bits per heavy atom. The van der Waals surface area contributed by atoms with Gasteiger partial charge in [-0.2, -0.15) is 0 Å². The van der Waals surface area contributed by atoms with Crippen molar-refractivity contribution in [2.45, 2.75) is 39.7 Å². The average molecular weight is 339 g/mol. The van der Waals surface area contributed by atoms with E-state index in [0.717, 1.165) is 5.56 Å². The number of nitrogens with zero attached hydrogens (tertiary/aromatic N) is 1. The topological polar surface area (TPSA) is 71.1 Å². The van der Waals surface area contributed by atoms with Crippen LogP contribution >= 0.6 is 0 Å². The molecule has 1 aromatic heterocycles. The Kier molecular flexibility index (Phi) is 6.28. The zero-order valence-electron chi connectivity index (χ0n) is 15.1. The van der Waals surface area contributed by atoms with Gasteiger partial charge >= 0.3 is 11.8 Å². The van der Waals surface area contributed by atoms with Crippen LogP contribution in [0.2, 0.25) is 0 Å². The van der Waals surface area contributed by atoms with Crippen LogP contribution < -0.4 is 10.6 Å². The Balaban J connectivity index is 2.07. The van der Waals surface area contributed by atoms with Gasteiger partial charge in [-0.3, -0.25) is 14.6 Å². The van der Waals surface area contributed by atoms with Crippen molar-refractivity contribution in [3.63, 3.8) is 0 Å². The number of aromatic nitrogens is 1. The minimum absolute atomic E-state index is 0.153. The van der Waals surface area contributed by atoms with Crippen LogP contribution in [0.25, 0.3) is 0 Å². The third-order valence-corrected chi connectivity index (χ3v) is 4.04. The van der Waals surface area contributed by atoms with Gasteiger partial charge in [-0.1, -0.05) is 52.0 Å². The van der Waals surface area contributed by atoms with E-state index < -0.39 is 11.8 Å². The SMILES string of the molecule is CC(C)c1ccc([C@@H](NC(=O)C(=O)Nc2cccnc2)C(C)C)cc1. The monoisotopic (exact) mass is 339 g/mol. The summed E-state index contributed by atoms with van der Waals surface area (Å²) in [5.74, 6) is -0.751. The van der Waals surface area contributed by atoms with Gasteiger partial charge in [0.25, 0.3) is 0 Å². The molecule has 0 aliphatic carbocycles. The largest absolute Gasteiger partial charge is 0.341 e. The molecule has 0 unspecified atom stereocenters. The first-order valence-corrected chi connectivity index (χ1v) is 8.50. The number of carbonyl (C=O) groups is 2. The quantitative estimate of drug-likeness (QED) is 0.817. The van der Waals surface area contributed by atoms with Gasteiger partial charge in [-0.15, -0.1) is 0 Å². The lowest BCUT2D eigenvalue weighted by atomic mass is 9.93. The van der Waals surface area contributed by atoms with Gasteiger partial charge in [0, 0.05) is 6.20 Å². The molecule has 25 heavy (non-hydrogen) atoms. The summed E-state index contributed by atoms with van der Waals surface area (Å²) in [5, 5.41) is 5.38. The maximum Gasteiger partial charge on any atom is 0.313 e. The molecule has 5 nitrogen and oxygen atoms in total. The maximum absolute atomic E-state index is 12.3. The summed E-state index contributed by atoms with van der Waals surface area (Å²) in [6.07, 6.45) is 3.10. The van der Waals surface area contributed by atoms with Crippen molar-refractivity contribution in [2.75, 3.05) is 5.32 Å². The second-order valence-corrected chi connectivity index (χ2v) is 6.71. The molecule has 0 saturated heterocycles. The molecule has 0 bridgehead atoms. The van der Waals surface area contributed by atoms with Gasteiger partial charge in [0.15, 0.2) is 0 Å². The highest BCUT2D eigenvalue weighted by Crippen LogP contribution is 2.24. The number of carbonyl (C=O) groups excluding carboxylic acids is 2. The zero-order chi connectivity index (χ0) is 18.4. The standard InChI is InChI=1S/C20H25N3O2/c1-13(2)15-7-9-16(10-8-15)18(14(3)4)23-20(25)19(24)22-17-6-5-11-21-12-17/h5-14,18H,1-4H3,(H,22,24)(H,23,25)/t18-/m0/s1. The van der Waals surface area contributed by atoms with Crippen LogP contribution in [0.4, 0.5) is 5.69 Å². The van der Waals surface area contributed by atoms with E-state index in [9.17, 15) is 9.59 Å². The minimum Gasteiger partial charge on any atom is -0.341 e. The van der Waals surface area contributed by atoms with Gasteiger partial charge in [-0.05, 0) is 35.1 Å². The Morgan fingerprint density at radius 3 is 2.08 bits per heavy atom. The minimum atomic E-state index is -0.697. The fourth-order valence-corrected chi connectivity index (χ4v) is 2.55. The summed E-state index contributed by atoms with van der Waals surface area (Å²) in [6.45, 7) is 8.31. The smallest absolute Gasteiger partial charge is 0.313 e. The molecule has 0 fully saturated rings. The molecule has 0 radical (unpaired) electrons. The molecule has 132 valence electrons. The fraction of sp³-hybridized carbons (Fsp3) is 0.350. The van der Waals surface area contributed by atoms with Crippen LogP contribution in [0, 0.1) is 5.92 Å². The van der Waals surface area contributed by atoms with E-state index in [1.165, 1.54) is 11.8 Å². The number of pyridine rings is 1. The summed E-state index contributed by atoms with van der Waals surface area (Å²) >= 11 is 0. The molecule has 2 amide bonds. The van der Waals surface area contributed by atoms with Gasteiger partial charge in [0.2, 0.25) is 0 Å². The van der Waals surface area contributed by atoms with Crippen LogP contribution in [0.1, 0.15) is 50.8 Å². The Morgan fingerprint density at radius 1 is 0.920 bits per heavy atom. The third kappa shape index (κ3) is 5.14. The molecule has 0 aliphatic heterocycles. The van der Waals surface area contributed by atoms with Crippen LogP contribution in [-0.4, -0.2) is 16.8 Å². The Labute approximate surface area is 148 Å². The highest BCUT2D eigenvalue weighted by molar-refractivity contribution is 6.39. The van der Waals surface area contributed by atoms with Gasteiger partial charge in [0.1, 0.15) is 0 Å². The molecule has 1 heterocycles. The number of hydrogen-bond donors (Lipinski definition) is 2. The zero-order valence-corrected chi connectivity index (χ0v) is 15.1. The van der Waals surface area contributed by atoms with Crippen LogP contribution in [0.3, 0.4) is 0 Å². The summed E-state index contributed by atoms with van der Waals surface area (Å²) in [4.78, 5) is 28.3. The summed E-state index contributed by atoms with van der Waals surface area (Å²) in [6, 6.07) is 11.3. The predicted octanol–water partition coefficient (Wildman–Crippen LogP) is 3.66. The highest BCUT2D eigenvalue weighted by Gasteiger charge is 2.22. The predicted molar refractivity (Wildman–Crippen MR) is 99.1 cm³/mol. The first kappa shape index (κ1) is 18.6. The molecule has 2 aromatic rings. The molecule has 2 rings (SSSR count). The van der Waals surface area contributed by atoms with E-state index in [0.29, 0.717) is 11.6 Å². The van der Waals surface area contributed by atoms with Crippen molar-refractivity contribution in [1.29, 1.82) is 0 Å². The van der Waals surface area contributed by atoms with Crippen molar-refractivity contribution in [3.05, 3.63) is 59.9 Å². The van der Waals surface area contributed by atoms with Crippen molar-refractivity contribution in [1.82, 2.24) is 10.3 Å². The molecule has 2 N–H and O–H groups in total. The Bertz CT molecular complexity index is 709. The third-order valence-electron chi connectivity index (χ3n) is 4.04. The van der Waals surface area contributed by atoms with Gasteiger partial charge in [-0.25, -0.2) is 0 Å². The number of anilines is 1. The van der Waals surface area contributed by atoms with Crippen molar-refractivity contribution in [2.24, 2.45) is 5.92 Å². The van der Waals surface area contributed by atoms with Crippen molar-refractivity contribution < 1.29 is 9.59 Å². The summed E-state index contributed by atoms with van der Waals surface area (Å²) in [7, 11) is 0. The first-order chi connectivity index (χ1) is 11.9. The fourth-order valence-electron chi connectivity index (χ4n) is 2.55. The lowest BCUT2D eigenvalue weighted by molar-refractivity contribution is -0.136. The molecule has 0 aliphatic rings. The number of hydrogen-bond acceptors (Lipinski definition) is 3. The molecule has 0 spiro atoms. The van der Waals surface area contributed by atoms with Crippen molar-refractivity contribution in [3.8, 4) is 0 Å². The van der Waals surface area contributed by atoms with E-state index in [-0.39, 0.29) is 12.0 Å². The first-order valence-electron chi connectivity index (χ1n) is 8.50. The summed E-state index contributed by atoms with van der Waals surface area (Å²) < 4.78 is 0. The second kappa shape index (κ2) is 8.42. The summed E-state index contributed by atoms with van der Waals surface area (Å²) in [5.41, 5.74) is 2.72. The molecule has 0 saturated carbocycles. The van der Waals surface area contributed by atoms with E-state index in [4.69, 9.17) is 0 Å². The molecule has 1 aromatic carbocycles. The average Bonchev–Trinajstić information content (AvgIpc) is 2.60. The van der Waals surface area contributed by atoms with Crippen LogP contribution in [0.15, 0.2) is 48.8 Å². The molecular formula is C20H25N3O2. The molecular weight excluding hydrogens is 314 g/mol. The second-order valence-electron chi connectivity index (χ2n) is 6.71. The highest BCUT2D eigenvalue weighted by atomic mass is 16.2. The number of amides is 2. The van der Waals surface area contributed by atoms with Crippen molar-refractivity contribution >= 4 is 17.5 Å². The number of nitrogens with one attached hydrogen (secondary N) is 2. The molecule has 5 heteroatoms. The molecule has 1 atom stereocenters.